The van der Waals surface area contributed by atoms with Gasteiger partial charge >= 0.3 is 0 Å². The molecule has 1 aromatic heterocycles. The van der Waals surface area contributed by atoms with E-state index in [2.05, 4.69) is 66.2 Å². The third kappa shape index (κ3) is 2.29. The number of rotatable bonds is 3. The second-order valence-electron chi connectivity index (χ2n) is 8.12. The molecule has 2 heterocycles. The lowest BCUT2D eigenvalue weighted by molar-refractivity contribution is -0.109. The van der Waals surface area contributed by atoms with Crippen LogP contribution in [0, 0.1) is 0 Å². The van der Waals surface area contributed by atoms with Crippen molar-refractivity contribution in [1.82, 2.24) is 9.78 Å². The minimum absolute atomic E-state index is 0.0431. The summed E-state index contributed by atoms with van der Waals surface area (Å²) in [6.07, 6.45) is 3.38. The molecule has 1 aliphatic heterocycles. The lowest BCUT2D eigenvalue weighted by atomic mass is 9.73. The average Bonchev–Trinajstić information content (AvgIpc) is 3.30. The maximum atomic E-state index is 12.1. The summed E-state index contributed by atoms with van der Waals surface area (Å²) >= 11 is 3.53. The molecule has 28 heavy (non-hydrogen) atoms. The minimum atomic E-state index is -1.16. The second-order valence-corrected chi connectivity index (χ2v) is 9.04. The summed E-state index contributed by atoms with van der Waals surface area (Å²) in [5.41, 5.74) is 0.809. The van der Waals surface area contributed by atoms with E-state index in [1.807, 2.05) is 29.1 Å². The van der Waals surface area contributed by atoms with Crippen LogP contribution in [0.15, 0.2) is 65.3 Å². The minimum Gasteiger partial charge on any atom is -0.475 e. The van der Waals surface area contributed by atoms with Crippen molar-refractivity contribution in [3.8, 4) is 5.75 Å². The molecule has 3 unspecified atom stereocenters. The van der Waals surface area contributed by atoms with E-state index in [0.29, 0.717) is 17.9 Å². The molecule has 5 heteroatoms. The van der Waals surface area contributed by atoms with Gasteiger partial charge in [0.2, 0.25) is 0 Å². The van der Waals surface area contributed by atoms with Gasteiger partial charge in [0.1, 0.15) is 5.69 Å². The Bertz CT molecular complexity index is 1010. The van der Waals surface area contributed by atoms with Crippen LogP contribution in [0.2, 0.25) is 0 Å². The van der Waals surface area contributed by atoms with Gasteiger partial charge in [0.25, 0.3) is 0 Å². The van der Waals surface area contributed by atoms with Gasteiger partial charge in [0, 0.05) is 16.4 Å². The maximum absolute atomic E-state index is 12.1. The van der Waals surface area contributed by atoms with Gasteiger partial charge in [0.05, 0.1) is 6.20 Å². The summed E-state index contributed by atoms with van der Waals surface area (Å²) in [4.78, 5) is 0. The third-order valence-electron chi connectivity index (χ3n) is 6.27. The van der Waals surface area contributed by atoms with Gasteiger partial charge in [-0.25, -0.2) is 0 Å². The molecule has 1 aliphatic carbocycles. The Morgan fingerprint density at radius 2 is 1.86 bits per heavy atom. The summed E-state index contributed by atoms with van der Waals surface area (Å²) in [5, 5.41) is 16.8. The van der Waals surface area contributed by atoms with Crippen LogP contribution in [0.25, 0.3) is 0 Å². The van der Waals surface area contributed by atoms with E-state index in [1.54, 1.807) is 0 Å². The standard InChI is InChI=1S/C23H23BrN2O2/c1-15(2)26-14-20-21(25-26)22(27)13-12-19(16-6-4-3-5-7-16)23(22,28-20)17-8-10-18(24)11-9-17/h3-11,14-15,19,27H,12-13H2,1-2H3. The van der Waals surface area contributed by atoms with Gasteiger partial charge in [-0.05, 0) is 49.9 Å². The van der Waals surface area contributed by atoms with Crippen molar-refractivity contribution in [3.05, 3.63) is 82.1 Å². The van der Waals surface area contributed by atoms with Crippen molar-refractivity contribution in [3.63, 3.8) is 0 Å². The summed E-state index contributed by atoms with van der Waals surface area (Å²) < 4.78 is 9.58. The number of halogens is 1. The van der Waals surface area contributed by atoms with Crippen LogP contribution >= 0.6 is 15.9 Å². The van der Waals surface area contributed by atoms with Crippen molar-refractivity contribution in [2.24, 2.45) is 0 Å². The van der Waals surface area contributed by atoms with Crippen LogP contribution in [0.5, 0.6) is 5.75 Å². The highest BCUT2D eigenvalue weighted by molar-refractivity contribution is 9.10. The van der Waals surface area contributed by atoms with Crippen molar-refractivity contribution >= 4 is 15.9 Å². The molecule has 2 aromatic carbocycles. The van der Waals surface area contributed by atoms with Gasteiger partial charge in [-0.15, -0.1) is 0 Å². The molecule has 3 atom stereocenters. The largest absolute Gasteiger partial charge is 0.475 e. The van der Waals surface area contributed by atoms with Crippen molar-refractivity contribution in [2.75, 3.05) is 0 Å². The smallest absolute Gasteiger partial charge is 0.175 e. The number of ether oxygens (including phenoxy) is 1. The number of aliphatic hydroxyl groups is 1. The number of aromatic nitrogens is 2. The number of fused-ring (bicyclic) bond motifs is 3. The maximum Gasteiger partial charge on any atom is 0.175 e. The van der Waals surface area contributed by atoms with E-state index >= 15 is 0 Å². The molecule has 0 bridgehead atoms. The molecule has 3 aromatic rings. The van der Waals surface area contributed by atoms with Gasteiger partial charge in [-0.2, -0.15) is 5.10 Å². The Morgan fingerprint density at radius 1 is 1.14 bits per heavy atom. The Labute approximate surface area is 173 Å². The van der Waals surface area contributed by atoms with Crippen LogP contribution in [0.1, 0.15) is 55.5 Å². The molecule has 1 N–H and O–H groups in total. The van der Waals surface area contributed by atoms with Crippen LogP contribution in [-0.4, -0.2) is 14.9 Å². The first kappa shape index (κ1) is 18.0. The topological polar surface area (TPSA) is 47.3 Å². The SMILES string of the molecule is CC(C)n1cc2c(n1)C1(O)CCC(c3ccccc3)C1(c1ccc(Br)cc1)O2. The van der Waals surface area contributed by atoms with Gasteiger partial charge < -0.3 is 9.84 Å². The molecule has 1 saturated carbocycles. The first-order valence-corrected chi connectivity index (χ1v) is 10.6. The predicted octanol–water partition coefficient (Wildman–Crippen LogP) is 5.28. The highest BCUT2D eigenvalue weighted by atomic mass is 79.9. The van der Waals surface area contributed by atoms with E-state index in [1.165, 1.54) is 5.56 Å². The van der Waals surface area contributed by atoms with Gasteiger partial charge in [0.15, 0.2) is 17.0 Å². The van der Waals surface area contributed by atoms with E-state index in [9.17, 15) is 5.11 Å². The Balaban J connectivity index is 1.72. The number of benzene rings is 2. The monoisotopic (exact) mass is 438 g/mol. The molecule has 0 saturated heterocycles. The lowest BCUT2D eigenvalue weighted by Gasteiger charge is -2.40. The van der Waals surface area contributed by atoms with Gasteiger partial charge in [-0.3, -0.25) is 4.68 Å². The zero-order chi connectivity index (χ0) is 19.5. The quantitative estimate of drug-likeness (QED) is 0.604. The van der Waals surface area contributed by atoms with Crippen LogP contribution in [0.4, 0.5) is 0 Å². The molecule has 5 rings (SSSR count). The first-order valence-electron chi connectivity index (χ1n) is 9.78. The Morgan fingerprint density at radius 3 is 2.54 bits per heavy atom. The fourth-order valence-corrected chi connectivity index (χ4v) is 5.20. The van der Waals surface area contributed by atoms with Crippen LogP contribution in [-0.2, 0) is 11.2 Å². The summed E-state index contributed by atoms with van der Waals surface area (Å²) in [7, 11) is 0. The number of hydrogen-bond acceptors (Lipinski definition) is 3. The highest BCUT2D eigenvalue weighted by Crippen LogP contribution is 2.66. The van der Waals surface area contributed by atoms with Crippen molar-refractivity contribution < 1.29 is 9.84 Å². The molecule has 4 nitrogen and oxygen atoms in total. The molecule has 2 aliphatic rings. The molecule has 0 radical (unpaired) electrons. The van der Waals surface area contributed by atoms with Crippen LogP contribution in [0.3, 0.4) is 0 Å². The molecule has 0 amide bonds. The van der Waals surface area contributed by atoms with Crippen LogP contribution < -0.4 is 4.74 Å². The Hall–Kier alpha value is -2.11. The number of nitrogens with zero attached hydrogens (tertiary/aromatic N) is 2. The van der Waals surface area contributed by atoms with E-state index in [-0.39, 0.29) is 12.0 Å². The average molecular weight is 439 g/mol. The van der Waals surface area contributed by atoms with E-state index < -0.39 is 11.2 Å². The zero-order valence-electron chi connectivity index (χ0n) is 16.0. The summed E-state index contributed by atoms with van der Waals surface area (Å²) in [5.74, 6) is 0.737. The van der Waals surface area contributed by atoms with Crippen molar-refractivity contribution in [1.29, 1.82) is 0 Å². The lowest BCUT2D eigenvalue weighted by Crippen LogP contribution is -2.48. The predicted molar refractivity (Wildman–Crippen MR) is 111 cm³/mol. The Kier molecular flexibility index (Phi) is 3.97. The summed E-state index contributed by atoms with van der Waals surface area (Å²) in [6, 6.07) is 18.7. The normalized spacial score (nSPS) is 28.2. The fourth-order valence-electron chi connectivity index (χ4n) is 4.94. The van der Waals surface area contributed by atoms with Gasteiger partial charge in [-0.1, -0.05) is 58.4 Å². The van der Waals surface area contributed by atoms with E-state index in [4.69, 9.17) is 9.84 Å². The zero-order valence-corrected chi connectivity index (χ0v) is 17.6. The molecular formula is C23H23BrN2O2. The molecular weight excluding hydrogens is 416 g/mol. The highest BCUT2D eigenvalue weighted by Gasteiger charge is 2.69. The third-order valence-corrected chi connectivity index (χ3v) is 6.79. The first-order chi connectivity index (χ1) is 13.5. The molecule has 1 fully saturated rings. The molecule has 144 valence electrons. The fraction of sp³-hybridized carbons (Fsp3) is 0.348. The van der Waals surface area contributed by atoms with E-state index in [0.717, 1.165) is 16.5 Å². The number of hydrogen-bond donors (Lipinski definition) is 1. The van der Waals surface area contributed by atoms with Crippen molar-refractivity contribution in [2.45, 2.75) is 49.9 Å². The second kappa shape index (κ2) is 6.19. The molecule has 0 spiro atoms. The summed E-state index contributed by atoms with van der Waals surface area (Å²) in [6.45, 7) is 4.16.